The van der Waals surface area contributed by atoms with Crippen LogP contribution in [0.4, 0.5) is 17.2 Å². The lowest BCUT2D eigenvalue weighted by atomic mass is 10.1. The fourth-order valence-electron chi connectivity index (χ4n) is 4.26. The van der Waals surface area contributed by atoms with Crippen molar-refractivity contribution in [3.8, 4) is 17.1 Å². The van der Waals surface area contributed by atoms with Gasteiger partial charge in [0.15, 0.2) is 23.1 Å². The number of nitrogens with one attached hydrogen (secondary N) is 3. The van der Waals surface area contributed by atoms with Crippen LogP contribution in [-0.2, 0) is 11.8 Å². The summed E-state index contributed by atoms with van der Waals surface area (Å²) in [5.74, 6) is 0.632. The van der Waals surface area contributed by atoms with E-state index in [0.29, 0.717) is 41.5 Å². The van der Waals surface area contributed by atoms with E-state index < -0.39 is 5.91 Å². The summed E-state index contributed by atoms with van der Waals surface area (Å²) in [6.45, 7) is 4.64. The molecule has 3 aromatic rings. The molecule has 1 aliphatic heterocycles. The molecule has 1 aromatic carbocycles. The normalized spacial score (nSPS) is 14.5. The van der Waals surface area contributed by atoms with E-state index in [4.69, 9.17) is 4.74 Å². The van der Waals surface area contributed by atoms with Gasteiger partial charge in [0.1, 0.15) is 6.33 Å². The number of rotatable bonds is 9. The van der Waals surface area contributed by atoms with Gasteiger partial charge in [-0.2, -0.15) is 5.10 Å². The Balaban J connectivity index is 1.53. The average molecular weight is 523 g/mol. The molecule has 0 radical (unpaired) electrons. The molecule has 1 aliphatic rings. The summed E-state index contributed by atoms with van der Waals surface area (Å²) in [6.07, 6.45) is 3.02. The van der Waals surface area contributed by atoms with Gasteiger partial charge in [0, 0.05) is 46.2 Å². The topological polar surface area (TPSA) is 142 Å². The van der Waals surface area contributed by atoms with E-state index >= 15 is 0 Å². The molecule has 3 N–H and O–H groups in total. The molecule has 0 bridgehead atoms. The van der Waals surface area contributed by atoms with E-state index in [0.717, 1.165) is 32.6 Å². The summed E-state index contributed by atoms with van der Waals surface area (Å²) in [6, 6.07) is 7.06. The molecule has 38 heavy (non-hydrogen) atoms. The van der Waals surface area contributed by atoms with Gasteiger partial charge in [-0.3, -0.25) is 14.3 Å². The summed E-state index contributed by atoms with van der Waals surface area (Å²) < 4.78 is 7.28. The number of methoxy groups -OCH3 is 1. The number of hydrogen-bond acceptors (Lipinski definition) is 10. The summed E-state index contributed by atoms with van der Waals surface area (Å²) >= 11 is 0. The van der Waals surface area contributed by atoms with Gasteiger partial charge in [-0.15, -0.1) is 10.2 Å². The second-order valence-corrected chi connectivity index (χ2v) is 9.12. The molecule has 0 spiro atoms. The first-order valence-electron chi connectivity index (χ1n) is 12.5. The van der Waals surface area contributed by atoms with Crippen LogP contribution in [0.2, 0.25) is 0 Å². The number of aryl methyl sites for hydroxylation is 1. The van der Waals surface area contributed by atoms with Crippen molar-refractivity contribution in [1.82, 2.24) is 40.1 Å². The molecule has 0 atom stereocenters. The van der Waals surface area contributed by atoms with E-state index in [1.54, 1.807) is 37.3 Å². The van der Waals surface area contributed by atoms with Gasteiger partial charge >= 0.3 is 0 Å². The van der Waals surface area contributed by atoms with Crippen molar-refractivity contribution in [2.24, 2.45) is 7.05 Å². The summed E-state index contributed by atoms with van der Waals surface area (Å²) in [5.41, 5.74) is 1.67. The molecule has 0 saturated carbocycles. The van der Waals surface area contributed by atoms with Crippen molar-refractivity contribution < 1.29 is 14.3 Å². The van der Waals surface area contributed by atoms with Gasteiger partial charge in [0.25, 0.3) is 5.91 Å². The highest BCUT2D eigenvalue weighted by Gasteiger charge is 2.20. The molecule has 13 nitrogen and oxygen atoms in total. The van der Waals surface area contributed by atoms with Crippen molar-refractivity contribution in [1.29, 1.82) is 0 Å². The molecule has 4 rings (SSSR count). The molecular formula is C25H34N10O3. The fourth-order valence-corrected chi connectivity index (χ4v) is 4.26. The van der Waals surface area contributed by atoms with E-state index in [1.807, 2.05) is 12.1 Å². The van der Waals surface area contributed by atoms with Crippen LogP contribution < -0.4 is 20.7 Å². The number of likely N-dealkylation sites (N-methyl/N-ethyl adjacent to an activating group) is 1. The van der Waals surface area contributed by atoms with E-state index in [9.17, 15) is 9.59 Å². The first kappa shape index (κ1) is 26.9. The van der Waals surface area contributed by atoms with Gasteiger partial charge in [-0.1, -0.05) is 6.07 Å². The Labute approximate surface area is 221 Å². The van der Waals surface area contributed by atoms with Crippen LogP contribution in [0.1, 0.15) is 23.3 Å². The van der Waals surface area contributed by atoms with Gasteiger partial charge in [-0.25, -0.2) is 4.98 Å². The zero-order valence-corrected chi connectivity index (χ0v) is 22.2. The average Bonchev–Trinajstić information content (AvgIpc) is 3.24. The molecule has 0 aliphatic carbocycles. The quantitative estimate of drug-likeness (QED) is 0.377. The third kappa shape index (κ3) is 6.61. The second-order valence-electron chi connectivity index (χ2n) is 9.12. The number of carbonyl (C=O) groups excluding carboxylic acids is 2. The standard InChI is InChI=1S/C25H34N10O3/c1-26-25(37)22-19(28-18-8-5-7-17(23(18)38-4)24-27-16-34(3)32-24)15-20(30-31-22)29-21(36)9-12-35-11-6-10-33(2)13-14-35/h5,7-8,15-16H,6,9-14H2,1-4H3,(H,26,37)(H2,28,29,30,36). The first-order valence-corrected chi connectivity index (χ1v) is 12.5. The zero-order valence-electron chi connectivity index (χ0n) is 22.2. The molecule has 13 heteroatoms. The Kier molecular flexibility index (Phi) is 8.81. The lowest BCUT2D eigenvalue weighted by Crippen LogP contribution is -2.31. The second kappa shape index (κ2) is 12.4. The summed E-state index contributed by atoms with van der Waals surface area (Å²) in [4.78, 5) is 34.1. The highest BCUT2D eigenvalue weighted by molar-refractivity contribution is 5.99. The molecule has 1 fully saturated rings. The highest BCUT2D eigenvalue weighted by atomic mass is 16.5. The van der Waals surface area contributed by atoms with Crippen LogP contribution in [0.15, 0.2) is 30.6 Å². The lowest BCUT2D eigenvalue weighted by Gasteiger charge is -2.19. The van der Waals surface area contributed by atoms with Crippen LogP contribution in [0.25, 0.3) is 11.4 Å². The monoisotopic (exact) mass is 522 g/mol. The van der Waals surface area contributed by atoms with Crippen LogP contribution in [0.5, 0.6) is 5.75 Å². The SMILES string of the molecule is CNC(=O)c1nnc(NC(=O)CCN2CCCN(C)CC2)cc1Nc1cccc(-c2ncn(C)n2)c1OC. The number of carbonyl (C=O) groups is 2. The zero-order chi connectivity index (χ0) is 27.1. The third-order valence-corrected chi connectivity index (χ3v) is 6.30. The largest absolute Gasteiger partial charge is 0.494 e. The summed E-state index contributed by atoms with van der Waals surface area (Å²) in [7, 11) is 6.96. The Morgan fingerprint density at radius 2 is 1.92 bits per heavy atom. The van der Waals surface area contributed by atoms with E-state index in [-0.39, 0.29) is 17.4 Å². The molecule has 3 heterocycles. The minimum atomic E-state index is -0.425. The predicted octanol–water partition coefficient (Wildman–Crippen LogP) is 1.35. The van der Waals surface area contributed by atoms with Crippen molar-refractivity contribution in [2.75, 3.05) is 64.6 Å². The van der Waals surface area contributed by atoms with Gasteiger partial charge in [0.2, 0.25) is 5.91 Å². The number of amides is 2. The maximum absolute atomic E-state index is 12.7. The lowest BCUT2D eigenvalue weighted by molar-refractivity contribution is -0.116. The van der Waals surface area contributed by atoms with Crippen LogP contribution in [0, 0.1) is 0 Å². The maximum atomic E-state index is 12.7. The number of hydrogen-bond donors (Lipinski definition) is 3. The van der Waals surface area contributed by atoms with Crippen molar-refractivity contribution >= 4 is 29.0 Å². The van der Waals surface area contributed by atoms with Crippen molar-refractivity contribution in [3.63, 3.8) is 0 Å². The Morgan fingerprint density at radius 3 is 2.66 bits per heavy atom. The van der Waals surface area contributed by atoms with Crippen LogP contribution in [-0.4, -0.2) is 101 Å². The number of nitrogens with zero attached hydrogens (tertiary/aromatic N) is 7. The molecule has 2 amide bonds. The fraction of sp³-hybridized carbons (Fsp3) is 0.440. The van der Waals surface area contributed by atoms with E-state index in [2.05, 4.69) is 53.1 Å². The number of aromatic nitrogens is 5. The predicted molar refractivity (Wildman–Crippen MR) is 143 cm³/mol. The molecule has 1 saturated heterocycles. The van der Waals surface area contributed by atoms with Crippen LogP contribution in [0.3, 0.4) is 0 Å². The minimum absolute atomic E-state index is 0.0719. The maximum Gasteiger partial charge on any atom is 0.273 e. The molecular weight excluding hydrogens is 488 g/mol. The molecule has 2 aromatic heterocycles. The minimum Gasteiger partial charge on any atom is -0.494 e. The summed E-state index contributed by atoms with van der Waals surface area (Å²) in [5, 5.41) is 21.1. The number of anilines is 3. The first-order chi connectivity index (χ1) is 18.4. The smallest absolute Gasteiger partial charge is 0.273 e. The Bertz CT molecular complexity index is 1280. The number of ether oxygens (including phenoxy) is 1. The number of para-hydroxylation sites is 1. The van der Waals surface area contributed by atoms with Crippen molar-refractivity contribution in [2.45, 2.75) is 12.8 Å². The van der Waals surface area contributed by atoms with Gasteiger partial charge in [0.05, 0.1) is 24.0 Å². The molecule has 202 valence electrons. The highest BCUT2D eigenvalue weighted by Crippen LogP contribution is 2.37. The van der Waals surface area contributed by atoms with Gasteiger partial charge < -0.3 is 30.5 Å². The third-order valence-electron chi connectivity index (χ3n) is 6.30. The van der Waals surface area contributed by atoms with Crippen molar-refractivity contribution in [3.05, 3.63) is 36.3 Å². The van der Waals surface area contributed by atoms with Crippen LogP contribution >= 0.6 is 0 Å². The Morgan fingerprint density at radius 1 is 1.08 bits per heavy atom. The van der Waals surface area contributed by atoms with Gasteiger partial charge in [-0.05, 0) is 38.7 Å². The number of benzene rings is 1. The Hall–Kier alpha value is -4.10. The molecule has 0 unspecified atom stereocenters. The van der Waals surface area contributed by atoms with E-state index in [1.165, 1.54) is 7.05 Å².